The van der Waals surface area contributed by atoms with Crippen molar-refractivity contribution in [3.8, 4) is 16.5 Å². The number of hydrogen-bond acceptors (Lipinski definition) is 6. The van der Waals surface area contributed by atoms with Crippen molar-refractivity contribution in [3.63, 3.8) is 0 Å². The van der Waals surface area contributed by atoms with Gasteiger partial charge in [-0.3, -0.25) is 19.4 Å². The number of aromatic nitrogens is 4. The summed E-state index contributed by atoms with van der Waals surface area (Å²) >= 11 is 1.52. The summed E-state index contributed by atoms with van der Waals surface area (Å²) in [5.41, 5.74) is 3.50. The van der Waals surface area contributed by atoms with Gasteiger partial charge in [-0.2, -0.15) is 9.78 Å². The van der Waals surface area contributed by atoms with Gasteiger partial charge in [0.15, 0.2) is 0 Å². The highest BCUT2D eigenvalue weighted by Crippen LogP contribution is 2.29. The van der Waals surface area contributed by atoms with Crippen molar-refractivity contribution in [2.45, 2.75) is 33.6 Å². The molecule has 0 spiro atoms. The molecule has 0 radical (unpaired) electrons. The molecule has 9 nitrogen and oxygen atoms in total. The fourth-order valence-electron chi connectivity index (χ4n) is 4.37. The lowest BCUT2D eigenvalue weighted by atomic mass is 10.1. The number of carbonyl (C=O) groups excluding carboxylic acids is 2. The molecule has 1 fully saturated rings. The summed E-state index contributed by atoms with van der Waals surface area (Å²) < 4.78 is 1.44. The monoisotopic (exact) mass is 502 g/mol. The van der Waals surface area contributed by atoms with Crippen LogP contribution >= 0.6 is 11.3 Å². The smallest absolute Gasteiger partial charge is 0.255 e. The molecular formula is C26H26N6O3S. The fourth-order valence-corrected chi connectivity index (χ4v) is 5.06. The van der Waals surface area contributed by atoms with Crippen LogP contribution in [0.3, 0.4) is 0 Å². The lowest BCUT2D eigenvalue weighted by Gasteiger charge is -2.17. The molecule has 1 atom stereocenters. The second-order valence-electron chi connectivity index (χ2n) is 8.84. The predicted molar refractivity (Wildman–Crippen MR) is 140 cm³/mol. The normalized spacial score (nSPS) is 15.5. The first-order valence-corrected chi connectivity index (χ1v) is 12.6. The molecule has 0 saturated carbocycles. The highest BCUT2D eigenvalue weighted by molar-refractivity contribution is 7.13. The molecule has 2 N–H and O–H groups in total. The van der Waals surface area contributed by atoms with Gasteiger partial charge in [0.1, 0.15) is 11.5 Å². The minimum absolute atomic E-state index is 0.0939. The highest BCUT2D eigenvalue weighted by atomic mass is 32.1. The van der Waals surface area contributed by atoms with Gasteiger partial charge in [0, 0.05) is 36.0 Å². The molecular weight excluding hydrogens is 476 g/mol. The van der Waals surface area contributed by atoms with Gasteiger partial charge in [-0.25, -0.2) is 4.98 Å². The van der Waals surface area contributed by atoms with Crippen LogP contribution in [0, 0.1) is 19.8 Å². The van der Waals surface area contributed by atoms with Crippen molar-refractivity contribution in [1.29, 1.82) is 0 Å². The van der Waals surface area contributed by atoms with E-state index in [1.165, 1.54) is 16.0 Å². The predicted octanol–water partition coefficient (Wildman–Crippen LogP) is 3.85. The molecule has 10 heteroatoms. The Bertz CT molecular complexity index is 1490. The van der Waals surface area contributed by atoms with E-state index < -0.39 is 5.92 Å². The third-order valence-electron chi connectivity index (χ3n) is 6.34. The molecule has 4 heterocycles. The van der Waals surface area contributed by atoms with E-state index >= 15 is 0 Å². The molecule has 184 valence electrons. The Morgan fingerprint density at radius 3 is 2.64 bits per heavy atom. The highest BCUT2D eigenvalue weighted by Gasteiger charge is 2.35. The van der Waals surface area contributed by atoms with Crippen LogP contribution in [0.1, 0.15) is 30.2 Å². The summed E-state index contributed by atoms with van der Waals surface area (Å²) in [4.78, 5) is 48.5. The first-order chi connectivity index (χ1) is 17.3. The number of rotatable bonds is 6. The van der Waals surface area contributed by atoms with Crippen LogP contribution in [-0.2, 0) is 16.0 Å². The van der Waals surface area contributed by atoms with Crippen LogP contribution in [0.15, 0.2) is 52.6 Å². The van der Waals surface area contributed by atoms with Crippen LogP contribution < -0.4 is 15.8 Å². The summed E-state index contributed by atoms with van der Waals surface area (Å²) in [6.45, 7) is 5.96. The van der Waals surface area contributed by atoms with E-state index in [-0.39, 0.29) is 29.7 Å². The number of aryl methyl sites for hydroxylation is 2. The Morgan fingerprint density at radius 1 is 1.19 bits per heavy atom. The minimum atomic E-state index is -0.524. The third-order valence-corrected chi connectivity index (χ3v) is 7.23. The standard InChI is InChI=1S/C26H26N6O3S/c1-4-19-16(3)27-26(29-25(19)35)32-22(13-20(30-32)21-6-5-11-36-21)28-24(34)17-12-23(33)31(14-17)18-9-7-15(2)8-10-18/h5-11,13,17H,4,12,14H2,1-3H3,(H,28,34)(H,27,29,35). The Kier molecular flexibility index (Phi) is 6.27. The molecule has 0 aliphatic carbocycles. The second-order valence-corrected chi connectivity index (χ2v) is 9.79. The van der Waals surface area contributed by atoms with E-state index in [0.29, 0.717) is 35.7 Å². The van der Waals surface area contributed by atoms with Crippen LogP contribution in [0.2, 0.25) is 0 Å². The SMILES string of the molecule is CCc1c(C)nc(-n2nc(-c3cccs3)cc2NC(=O)C2CC(=O)N(c3ccc(C)cc3)C2)[nH]c1=O. The van der Waals surface area contributed by atoms with E-state index in [0.717, 1.165) is 16.1 Å². The van der Waals surface area contributed by atoms with E-state index in [1.54, 1.807) is 17.9 Å². The van der Waals surface area contributed by atoms with Gasteiger partial charge < -0.3 is 10.2 Å². The van der Waals surface area contributed by atoms with Gasteiger partial charge in [0.2, 0.25) is 17.8 Å². The molecule has 1 saturated heterocycles. The van der Waals surface area contributed by atoms with Crippen LogP contribution in [0.5, 0.6) is 0 Å². The molecule has 3 aromatic heterocycles. The maximum absolute atomic E-state index is 13.3. The zero-order chi connectivity index (χ0) is 25.4. The van der Waals surface area contributed by atoms with E-state index in [1.807, 2.05) is 55.6 Å². The van der Waals surface area contributed by atoms with Crippen molar-refractivity contribution >= 4 is 34.7 Å². The molecule has 0 bridgehead atoms. The molecule has 1 unspecified atom stereocenters. The summed E-state index contributed by atoms with van der Waals surface area (Å²) in [7, 11) is 0. The number of H-pyrrole nitrogens is 1. The van der Waals surface area contributed by atoms with Gasteiger partial charge in [-0.15, -0.1) is 11.3 Å². The van der Waals surface area contributed by atoms with Gasteiger partial charge in [-0.05, 0) is 43.8 Å². The van der Waals surface area contributed by atoms with E-state index in [2.05, 4.69) is 20.4 Å². The molecule has 36 heavy (non-hydrogen) atoms. The van der Waals surface area contributed by atoms with E-state index in [4.69, 9.17) is 0 Å². The molecule has 4 aromatic rings. The van der Waals surface area contributed by atoms with Crippen molar-refractivity contribution in [2.24, 2.45) is 5.92 Å². The molecule has 1 aliphatic rings. The fraction of sp³-hybridized carbons (Fsp3) is 0.269. The quantitative estimate of drug-likeness (QED) is 0.416. The number of nitrogens with one attached hydrogen (secondary N) is 2. The number of hydrogen-bond donors (Lipinski definition) is 2. The van der Waals surface area contributed by atoms with Gasteiger partial charge >= 0.3 is 0 Å². The molecule has 1 aliphatic heterocycles. The number of carbonyl (C=O) groups is 2. The zero-order valence-electron chi connectivity index (χ0n) is 20.2. The van der Waals surface area contributed by atoms with Crippen LogP contribution in [0.25, 0.3) is 16.5 Å². The van der Waals surface area contributed by atoms with Gasteiger partial charge in [0.25, 0.3) is 5.56 Å². The van der Waals surface area contributed by atoms with Crippen LogP contribution in [-0.4, -0.2) is 38.1 Å². The second kappa shape index (κ2) is 9.54. The topological polar surface area (TPSA) is 113 Å². The lowest BCUT2D eigenvalue weighted by Crippen LogP contribution is -2.29. The minimum Gasteiger partial charge on any atom is -0.312 e. The number of thiophene rings is 1. The van der Waals surface area contributed by atoms with Gasteiger partial charge in [0.05, 0.1) is 10.8 Å². The Balaban J connectivity index is 1.45. The van der Waals surface area contributed by atoms with E-state index in [9.17, 15) is 14.4 Å². The van der Waals surface area contributed by atoms with Crippen LogP contribution in [0.4, 0.5) is 11.5 Å². The Morgan fingerprint density at radius 2 is 1.97 bits per heavy atom. The van der Waals surface area contributed by atoms with Crippen molar-refractivity contribution in [1.82, 2.24) is 19.7 Å². The largest absolute Gasteiger partial charge is 0.312 e. The number of nitrogens with zero attached hydrogens (tertiary/aromatic N) is 4. The maximum atomic E-state index is 13.3. The van der Waals surface area contributed by atoms with Crippen molar-refractivity contribution in [2.75, 3.05) is 16.8 Å². The summed E-state index contributed by atoms with van der Waals surface area (Å²) in [6.07, 6.45) is 0.676. The third kappa shape index (κ3) is 4.47. The first kappa shape index (κ1) is 23.7. The van der Waals surface area contributed by atoms with Crippen molar-refractivity contribution < 1.29 is 9.59 Å². The lowest BCUT2D eigenvalue weighted by molar-refractivity contribution is -0.122. The molecule has 2 amide bonds. The summed E-state index contributed by atoms with van der Waals surface area (Å²) in [6, 6.07) is 13.3. The van der Waals surface area contributed by atoms with Crippen molar-refractivity contribution in [3.05, 3.63) is 75.0 Å². The number of amides is 2. The average molecular weight is 503 g/mol. The number of benzene rings is 1. The molecule has 1 aromatic carbocycles. The maximum Gasteiger partial charge on any atom is 0.255 e. The summed E-state index contributed by atoms with van der Waals surface area (Å²) in [5, 5.41) is 9.50. The Hall–Kier alpha value is -4.05. The number of aromatic amines is 1. The zero-order valence-corrected chi connectivity index (χ0v) is 21.1. The summed E-state index contributed by atoms with van der Waals surface area (Å²) in [5.74, 6) is -0.318. The Labute approximate surface area is 211 Å². The van der Waals surface area contributed by atoms with Gasteiger partial charge in [-0.1, -0.05) is 30.7 Å². The number of anilines is 2. The average Bonchev–Trinajstić information content (AvgIpc) is 3.59. The molecule has 5 rings (SSSR count). The first-order valence-electron chi connectivity index (χ1n) is 11.8.